The van der Waals surface area contributed by atoms with E-state index in [1.807, 2.05) is 17.9 Å². The van der Waals surface area contributed by atoms with Gasteiger partial charge in [0.05, 0.1) is 17.9 Å². The van der Waals surface area contributed by atoms with E-state index < -0.39 is 0 Å². The Kier molecular flexibility index (Phi) is 4.58. The molecule has 0 saturated carbocycles. The zero-order valence-electron chi connectivity index (χ0n) is 12.7. The zero-order valence-corrected chi connectivity index (χ0v) is 12.7. The van der Waals surface area contributed by atoms with Gasteiger partial charge in [-0.3, -0.25) is 9.58 Å². The predicted molar refractivity (Wildman–Crippen MR) is 76.9 cm³/mol. The predicted octanol–water partition coefficient (Wildman–Crippen LogP) is 1.73. The van der Waals surface area contributed by atoms with Crippen LogP contribution in [0.1, 0.15) is 51.8 Å². The molecule has 1 aromatic rings. The number of nitrogens with zero attached hydrogens (tertiary/aromatic N) is 4. The molecule has 1 fully saturated rings. The fraction of sp³-hybridized carbons (Fsp3) is 0.857. The van der Waals surface area contributed by atoms with Crippen LogP contribution in [-0.4, -0.2) is 45.1 Å². The van der Waals surface area contributed by atoms with Crippen LogP contribution in [0.3, 0.4) is 0 Å². The average molecular weight is 265 g/mol. The number of aromatic nitrogens is 3. The average Bonchev–Trinajstić information content (AvgIpc) is 3.01. The van der Waals surface area contributed by atoms with Crippen molar-refractivity contribution in [2.24, 2.45) is 7.05 Å². The van der Waals surface area contributed by atoms with Gasteiger partial charge in [0, 0.05) is 12.6 Å². The van der Waals surface area contributed by atoms with Crippen molar-refractivity contribution in [1.82, 2.24) is 25.2 Å². The molecule has 1 aliphatic rings. The largest absolute Gasteiger partial charge is 0.307 e. The molecule has 1 unspecified atom stereocenters. The summed E-state index contributed by atoms with van der Waals surface area (Å²) in [5, 5.41) is 11.8. The summed E-state index contributed by atoms with van der Waals surface area (Å²) in [5.41, 5.74) is 1.26. The lowest BCUT2D eigenvalue weighted by atomic mass is 9.90. The molecule has 2 heterocycles. The van der Waals surface area contributed by atoms with Crippen molar-refractivity contribution in [2.45, 2.75) is 51.6 Å². The highest BCUT2D eigenvalue weighted by molar-refractivity contribution is 5.11. The fourth-order valence-electron chi connectivity index (χ4n) is 3.04. The topological polar surface area (TPSA) is 46.0 Å². The van der Waals surface area contributed by atoms with Crippen LogP contribution in [0, 0.1) is 0 Å². The van der Waals surface area contributed by atoms with Gasteiger partial charge >= 0.3 is 0 Å². The van der Waals surface area contributed by atoms with Gasteiger partial charge in [-0.2, -0.15) is 0 Å². The van der Waals surface area contributed by atoms with Crippen LogP contribution in [0.2, 0.25) is 0 Å². The third-order valence-corrected chi connectivity index (χ3v) is 4.27. The second kappa shape index (κ2) is 6.01. The molecule has 0 radical (unpaired) electrons. The van der Waals surface area contributed by atoms with Crippen molar-refractivity contribution in [1.29, 1.82) is 0 Å². The zero-order chi connectivity index (χ0) is 13.9. The molecule has 1 aliphatic heterocycles. The Morgan fingerprint density at radius 3 is 2.58 bits per heavy atom. The summed E-state index contributed by atoms with van der Waals surface area (Å²) in [5.74, 6) is 0. The van der Waals surface area contributed by atoms with Gasteiger partial charge in [0.2, 0.25) is 0 Å². The molecule has 0 aromatic carbocycles. The van der Waals surface area contributed by atoms with E-state index in [1.54, 1.807) is 0 Å². The molecule has 0 aliphatic carbocycles. The van der Waals surface area contributed by atoms with Crippen molar-refractivity contribution in [3.8, 4) is 0 Å². The van der Waals surface area contributed by atoms with E-state index >= 15 is 0 Å². The summed E-state index contributed by atoms with van der Waals surface area (Å²) in [6.45, 7) is 10.3. The summed E-state index contributed by atoms with van der Waals surface area (Å²) in [7, 11) is 1.98. The first-order valence-electron chi connectivity index (χ1n) is 7.40. The van der Waals surface area contributed by atoms with E-state index in [2.05, 4.69) is 41.3 Å². The van der Waals surface area contributed by atoms with Gasteiger partial charge in [-0.1, -0.05) is 12.1 Å². The number of likely N-dealkylation sites (tertiary alicyclic amines) is 1. The van der Waals surface area contributed by atoms with Crippen LogP contribution in [0.5, 0.6) is 0 Å². The van der Waals surface area contributed by atoms with Crippen LogP contribution in [0.15, 0.2) is 6.20 Å². The number of nitrogens with one attached hydrogen (secondary N) is 1. The molecule has 0 amide bonds. The van der Waals surface area contributed by atoms with Gasteiger partial charge in [-0.05, 0) is 52.7 Å². The second-order valence-corrected chi connectivity index (χ2v) is 6.02. The smallest absolute Gasteiger partial charge is 0.0771 e. The molecule has 0 bridgehead atoms. The summed E-state index contributed by atoms with van der Waals surface area (Å²) in [6.07, 6.45) is 5.66. The van der Waals surface area contributed by atoms with Crippen molar-refractivity contribution in [3.63, 3.8) is 0 Å². The minimum atomic E-state index is 0.0845. The Labute approximate surface area is 116 Å². The molecule has 1 atom stereocenters. The highest BCUT2D eigenvalue weighted by atomic mass is 15.4. The Morgan fingerprint density at radius 1 is 1.37 bits per heavy atom. The van der Waals surface area contributed by atoms with Gasteiger partial charge < -0.3 is 5.32 Å². The van der Waals surface area contributed by atoms with E-state index in [0.29, 0.717) is 0 Å². The quantitative estimate of drug-likeness (QED) is 0.851. The molecular formula is C14H27N5. The van der Waals surface area contributed by atoms with Crippen molar-refractivity contribution >= 4 is 0 Å². The lowest BCUT2D eigenvalue weighted by Gasteiger charge is -2.42. The minimum absolute atomic E-state index is 0.0845. The Hall–Kier alpha value is -0.940. The van der Waals surface area contributed by atoms with E-state index in [9.17, 15) is 0 Å². The minimum Gasteiger partial charge on any atom is -0.307 e. The number of rotatable bonds is 6. The molecule has 1 saturated heterocycles. The van der Waals surface area contributed by atoms with Crippen LogP contribution in [0.25, 0.3) is 0 Å². The van der Waals surface area contributed by atoms with E-state index in [-0.39, 0.29) is 11.6 Å². The Bertz CT molecular complexity index is 392. The summed E-state index contributed by atoms with van der Waals surface area (Å²) in [6, 6.07) is 0.269. The molecule has 5 nitrogen and oxygen atoms in total. The highest BCUT2D eigenvalue weighted by Crippen LogP contribution is 2.33. The molecule has 2 rings (SSSR count). The van der Waals surface area contributed by atoms with Crippen molar-refractivity contribution < 1.29 is 0 Å². The number of aryl methyl sites for hydroxylation is 1. The lowest BCUT2D eigenvalue weighted by molar-refractivity contribution is 0.103. The number of hydrogen-bond acceptors (Lipinski definition) is 4. The molecular weight excluding hydrogens is 238 g/mol. The normalized spacial score (nSPS) is 18.9. The fourth-order valence-corrected chi connectivity index (χ4v) is 3.04. The van der Waals surface area contributed by atoms with Gasteiger partial charge in [0.1, 0.15) is 0 Å². The van der Waals surface area contributed by atoms with Gasteiger partial charge in [0.25, 0.3) is 0 Å². The standard InChI is InChI=1S/C14H27N5/c1-5-8-15-13(12-11-16-17-18(12)4)14(2,3)19-9-6-7-10-19/h11,13,15H,5-10H2,1-4H3. The summed E-state index contributed by atoms with van der Waals surface area (Å²) in [4.78, 5) is 2.59. The Balaban J connectivity index is 2.23. The third-order valence-electron chi connectivity index (χ3n) is 4.27. The first-order valence-corrected chi connectivity index (χ1v) is 7.40. The lowest BCUT2D eigenvalue weighted by Crippen LogP contribution is -2.52. The van der Waals surface area contributed by atoms with E-state index in [4.69, 9.17) is 0 Å². The molecule has 0 spiro atoms. The second-order valence-electron chi connectivity index (χ2n) is 6.02. The van der Waals surface area contributed by atoms with Crippen molar-refractivity contribution in [3.05, 3.63) is 11.9 Å². The monoisotopic (exact) mass is 265 g/mol. The third kappa shape index (κ3) is 2.98. The van der Waals surface area contributed by atoms with Crippen LogP contribution in [0.4, 0.5) is 0 Å². The van der Waals surface area contributed by atoms with Gasteiger partial charge in [-0.25, -0.2) is 0 Å². The molecule has 1 N–H and O–H groups in total. The van der Waals surface area contributed by atoms with Gasteiger partial charge in [0.15, 0.2) is 0 Å². The van der Waals surface area contributed by atoms with Crippen molar-refractivity contribution in [2.75, 3.05) is 19.6 Å². The first kappa shape index (κ1) is 14.5. The maximum absolute atomic E-state index is 4.09. The summed E-state index contributed by atoms with van der Waals surface area (Å²) < 4.78 is 1.89. The number of hydrogen-bond donors (Lipinski definition) is 1. The first-order chi connectivity index (χ1) is 9.07. The Morgan fingerprint density at radius 2 is 2.05 bits per heavy atom. The van der Waals surface area contributed by atoms with Crippen LogP contribution in [-0.2, 0) is 7.05 Å². The van der Waals surface area contributed by atoms with Gasteiger partial charge in [-0.15, -0.1) is 5.10 Å². The van der Waals surface area contributed by atoms with E-state index in [0.717, 1.165) is 13.0 Å². The summed E-state index contributed by atoms with van der Waals surface area (Å²) >= 11 is 0. The van der Waals surface area contributed by atoms with Crippen LogP contribution >= 0.6 is 0 Å². The highest BCUT2D eigenvalue weighted by Gasteiger charge is 2.38. The van der Waals surface area contributed by atoms with E-state index in [1.165, 1.54) is 31.6 Å². The molecule has 19 heavy (non-hydrogen) atoms. The molecule has 5 heteroatoms. The maximum atomic E-state index is 4.09. The molecule has 108 valence electrons. The maximum Gasteiger partial charge on any atom is 0.0771 e. The van der Waals surface area contributed by atoms with Crippen LogP contribution < -0.4 is 5.32 Å². The SMILES string of the molecule is CCCNC(c1cnnn1C)C(C)(C)N1CCCC1. The molecule has 1 aromatic heterocycles.